The lowest BCUT2D eigenvalue weighted by molar-refractivity contribution is -0.148. The van der Waals surface area contributed by atoms with Gasteiger partial charge in [-0.1, -0.05) is 43.3 Å². The smallest absolute Gasteiger partial charge is 0.320 e. The predicted octanol–water partition coefficient (Wildman–Crippen LogP) is 3.04. The second-order valence-corrected chi connectivity index (χ2v) is 3.97. The third-order valence-corrected chi connectivity index (χ3v) is 3.07. The van der Waals surface area contributed by atoms with E-state index in [9.17, 15) is 4.79 Å². The number of hydrogen-bond donors (Lipinski definition) is 0. The summed E-state index contributed by atoms with van der Waals surface area (Å²) in [6, 6.07) is 10.0. The van der Waals surface area contributed by atoms with Crippen LogP contribution in [0.2, 0.25) is 0 Å². The number of esters is 1. The molecule has 1 aromatic rings. The largest absolute Gasteiger partial charge is 0.465 e. The minimum Gasteiger partial charge on any atom is -0.465 e. The standard InChI is InChI=1S/C14H16O2/c1-3-14(13(15)16-4-2)10-12(14)11-8-6-5-7-9-11/h5-10H,3-4H2,1-2H3. The molecule has 0 amide bonds. The minimum absolute atomic E-state index is 0.114. The van der Waals surface area contributed by atoms with Gasteiger partial charge in [-0.05, 0) is 24.5 Å². The van der Waals surface area contributed by atoms with Crippen LogP contribution in [-0.4, -0.2) is 12.6 Å². The van der Waals surface area contributed by atoms with Crippen molar-refractivity contribution in [3.05, 3.63) is 42.0 Å². The van der Waals surface area contributed by atoms with Crippen LogP contribution in [0.3, 0.4) is 0 Å². The van der Waals surface area contributed by atoms with E-state index in [1.54, 1.807) is 0 Å². The van der Waals surface area contributed by atoms with Crippen molar-refractivity contribution >= 4 is 11.5 Å². The Hall–Kier alpha value is -1.57. The topological polar surface area (TPSA) is 26.3 Å². The average Bonchev–Trinajstić information content (AvgIpc) is 3.06. The van der Waals surface area contributed by atoms with Crippen LogP contribution in [-0.2, 0) is 9.53 Å². The predicted molar refractivity (Wildman–Crippen MR) is 63.8 cm³/mol. The Labute approximate surface area is 95.9 Å². The molecule has 1 aliphatic carbocycles. The van der Waals surface area contributed by atoms with Gasteiger partial charge in [-0.25, -0.2) is 0 Å². The van der Waals surface area contributed by atoms with Crippen LogP contribution in [0.15, 0.2) is 36.4 Å². The number of benzene rings is 1. The lowest BCUT2D eigenvalue weighted by Gasteiger charge is -2.14. The molecule has 0 N–H and O–H groups in total. The normalized spacial score (nSPS) is 22.5. The van der Waals surface area contributed by atoms with E-state index in [1.165, 1.54) is 0 Å². The molecule has 0 heterocycles. The zero-order valence-electron chi connectivity index (χ0n) is 9.69. The van der Waals surface area contributed by atoms with Crippen molar-refractivity contribution in [1.82, 2.24) is 0 Å². The molecule has 1 atom stereocenters. The lowest BCUT2D eigenvalue weighted by atomic mass is 9.93. The molecule has 2 heteroatoms. The van der Waals surface area contributed by atoms with Crippen molar-refractivity contribution in [2.45, 2.75) is 20.3 Å². The average molecular weight is 216 g/mol. The van der Waals surface area contributed by atoms with Crippen molar-refractivity contribution in [2.24, 2.45) is 5.41 Å². The maximum Gasteiger partial charge on any atom is 0.320 e. The molecular weight excluding hydrogens is 200 g/mol. The van der Waals surface area contributed by atoms with Crippen molar-refractivity contribution < 1.29 is 9.53 Å². The first-order valence-electron chi connectivity index (χ1n) is 5.70. The number of carbonyl (C=O) groups is 1. The first-order chi connectivity index (χ1) is 7.74. The van der Waals surface area contributed by atoms with Crippen molar-refractivity contribution in [1.29, 1.82) is 0 Å². The Morgan fingerprint density at radius 2 is 1.94 bits per heavy atom. The quantitative estimate of drug-likeness (QED) is 0.723. The van der Waals surface area contributed by atoms with Gasteiger partial charge in [0.1, 0.15) is 5.41 Å². The van der Waals surface area contributed by atoms with Gasteiger partial charge in [-0.3, -0.25) is 4.79 Å². The second-order valence-electron chi connectivity index (χ2n) is 3.97. The van der Waals surface area contributed by atoms with E-state index in [1.807, 2.05) is 50.3 Å². The molecule has 0 bridgehead atoms. The van der Waals surface area contributed by atoms with Crippen LogP contribution >= 0.6 is 0 Å². The Kier molecular flexibility index (Phi) is 2.82. The summed E-state index contributed by atoms with van der Waals surface area (Å²) in [5.41, 5.74) is 1.78. The van der Waals surface area contributed by atoms with E-state index >= 15 is 0 Å². The van der Waals surface area contributed by atoms with E-state index in [0.29, 0.717) is 6.61 Å². The number of hydrogen-bond acceptors (Lipinski definition) is 2. The molecule has 2 nitrogen and oxygen atoms in total. The maximum absolute atomic E-state index is 11.9. The molecule has 1 aliphatic rings. The van der Waals surface area contributed by atoms with Crippen LogP contribution in [0.5, 0.6) is 0 Å². The Morgan fingerprint density at radius 3 is 2.50 bits per heavy atom. The van der Waals surface area contributed by atoms with E-state index in [2.05, 4.69) is 0 Å². The molecule has 0 aliphatic heterocycles. The fraction of sp³-hybridized carbons (Fsp3) is 0.357. The highest BCUT2D eigenvalue weighted by Gasteiger charge is 2.50. The Bertz CT molecular complexity index is 420. The highest BCUT2D eigenvalue weighted by Crippen LogP contribution is 2.54. The molecule has 84 valence electrons. The molecule has 0 fully saturated rings. The number of ether oxygens (including phenoxy) is 1. The van der Waals surface area contributed by atoms with Gasteiger partial charge in [-0.2, -0.15) is 0 Å². The monoisotopic (exact) mass is 216 g/mol. The fourth-order valence-electron chi connectivity index (χ4n) is 2.03. The van der Waals surface area contributed by atoms with Gasteiger partial charge in [0.05, 0.1) is 6.61 Å². The molecular formula is C14H16O2. The molecule has 0 radical (unpaired) electrons. The van der Waals surface area contributed by atoms with Gasteiger partial charge in [0, 0.05) is 0 Å². The Balaban J connectivity index is 2.17. The van der Waals surface area contributed by atoms with Gasteiger partial charge in [0.2, 0.25) is 0 Å². The second kappa shape index (κ2) is 4.12. The summed E-state index contributed by atoms with van der Waals surface area (Å²) in [5.74, 6) is -0.114. The molecule has 16 heavy (non-hydrogen) atoms. The van der Waals surface area contributed by atoms with E-state index < -0.39 is 5.41 Å². The fourth-order valence-corrected chi connectivity index (χ4v) is 2.03. The van der Waals surface area contributed by atoms with Gasteiger partial charge < -0.3 is 4.74 Å². The highest BCUT2D eigenvalue weighted by molar-refractivity contribution is 6.05. The first-order valence-corrected chi connectivity index (χ1v) is 5.70. The minimum atomic E-state index is -0.447. The number of rotatable bonds is 4. The van der Waals surface area contributed by atoms with Crippen LogP contribution in [0.4, 0.5) is 0 Å². The molecule has 0 saturated heterocycles. The van der Waals surface area contributed by atoms with E-state index in [4.69, 9.17) is 4.74 Å². The maximum atomic E-state index is 11.9. The summed E-state index contributed by atoms with van der Waals surface area (Å²) < 4.78 is 5.12. The van der Waals surface area contributed by atoms with E-state index in [0.717, 1.165) is 17.6 Å². The summed E-state index contributed by atoms with van der Waals surface area (Å²) in [4.78, 5) is 11.9. The van der Waals surface area contributed by atoms with Gasteiger partial charge >= 0.3 is 5.97 Å². The van der Waals surface area contributed by atoms with Crippen LogP contribution in [0.25, 0.3) is 5.57 Å². The molecule has 0 aromatic heterocycles. The van der Waals surface area contributed by atoms with Gasteiger partial charge in [0.25, 0.3) is 0 Å². The summed E-state index contributed by atoms with van der Waals surface area (Å²) in [6.07, 6.45) is 2.79. The summed E-state index contributed by atoms with van der Waals surface area (Å²) in [7, 11) is 0. The third-order valence-electron chi connectivity index (χ3n) is 3.07. The molecule has 0 spiro atoms. The van der Waals surface area contributed by atoms with Crippen LogP contribution in [0.1, 0.15) is 25.8 Å². The van der Waals surface area contributed by atoms with Crippen LogP contribution in [0, 0.1) is 5.41 Å². The molecule has 2 rings (SSSR count). The SMILES string of the molecule is CCOC(=O)C1(CC)C=C1c1ccccc1. The molecule has 1 aromatic carbocycles. The van der Waals surface area contributed by atoms with Crippen molar-refractivity contribution in [2.75, 3.05) is 6.61 Å². The van der Waals surface area contributed by atoms with Crippen LogP contribution < -0.4 is 0 Å². The zero-order valence-corrected chi connectivity index (χ0v) is 9.69. The summed E-state index contributed by atoms with van der Waals surface area (Å²) in [6.45, 7) is 4.30. The molecule has 0 saturated carbocycles. The van der Waals surface area contributed by atoms with E-state index in [-0.39, 0.29) is 5.97 Å². The summed E-state index contributed by atoms with van der Waals surface area (Å²) >= 11 is 0. The lowest BCUT2D eigenvalue weighted by Crippen LogP contribution is -2.21. The third kappa shape index (κ3) is 1.64. The molecule has 1 unspecified atom stereocenters. The van der Waals surface area contributed by atoms with Crippen molar-refractivity contribution in [3.8, 4) is 0 Å². The number of carbonyl (C=O) groups excluding carboxylic acids is 1. The first kappa shape index (κ1) is 10.9. The van der Waals surface area contributed by atoms with Gasteiger partial charge in [-0.15, -0.1) is 0 Å². The Morgan fingerprint density at radius 1 is 1.25 bits per heavy atom. The highest BCUT2D eigenvalue weighted by atomic mass is 16.5. The summed E-state index contributed by atoms with van der Waals surface area (Å²) in [5, 5.41) is 0. The van der Waals surface area contributed by atoms with Gasteiger partial charge in [0.15, 0.2) is 0 Å². The zero-order chi connectivity index (χ0) is 11.6. The van der Waals surface area contributed by atoms with Crippen molar-refractivity contribution in [3.63, 3.8) is 0 Å².